The Hall–Kier alpha value is 0.240. The SMILES string of the molecule is Clc1cccc(Cl)c1CNCCBr. The third-order valence-electron chi connectivity index (χ3n) is 1.63. The molecule has 0 heterocycles. The maximum Gasteiger partial charge on any atom is 0.0465 e. The van der Waals surface area contributed by atoms with Crippen LogP contribution < -0.4 is 5.32 Å². The lowest BCUT2D eigenvalue weighted by Crippen LogP contribution is -2.16. The van der Waals surface area contributed by atoms with Gasteiger partial charge in [0.1, 0.15) is 0 Å². The van der Waals surface area contributed by atoms with Crippen LogP contribution in [0.5, 0.6) is 0 Å². The van der Waals surface area contributed by atoms with Gasteiger partial charge in [-0.1, -0.05) is 45.2 Å². The summed E-state index contributed by atoms with van der Waals surface area (Å²) in [6.07, 6.45) is 0. The van der Waals surface area contributed by atoms with E-state index in [9.17, 15) is 0 Å². The molecule has 0 aliphatic rings. The molecule has 72 valence electrons. The molecule has 4 heteroatoms. The number of benzene rings is 1. The van der Waals surface area contributed by atoms with E-state index in [2.05, 4.69) is 21.2 Å². The Kier molecular flexibility index (Phi) is 5.10. The molecule has 0 atom stereocenters. The van der Waals surface area contributed by atoms with Crippen molar-refractivity contribution in [1.29, 1.82) is 0 Å². The van der Waals surface area contributed by atoms with Gasteiger partial charge in [0.25, 0.3) is 0 Å². The van der Waals surface area contributed by atoms with Crippen molar-refractivity contribution in [3.8, 4) is 0 Å². The van der Waals surface area contributed by atoms with E-state index >= 15 is 0 Å². The lowest BCUT2D eigenvalue weighted by atomic mass is 10.2. The normalized spacial score (nSPS) is 10.4. The predicted octanol–water partition coefficient (Wildman–Crippen LogP) is 3.48. The maximum atomic E-state index is 5.97. The fourth-order valence-corrected chi connectivity index (χ4v) is 1.79. The Balaban J connectivity index is 2.64. The van der Waals surface area contributed by atoms with Gasteiger partial charge < -0.3 is 5.32 Å². The maximum absolute atomic E-state index is 5.97. The summed E-state index contributed by atoms with van der Waals surface area (Å²) in [5, 5.41) is 5.58. The first-order valence-electron chi connectivity index (χ1n) is 3.95. The van der Waals surface area contributed by atoms with Crippen LogP contribution in [0.1, 0.15) is 5.56 Å². The molecule has 0 aliphatic heterocycles. The van der Waals surface area contributed by atoms with Gasteiger partial charge in [-0.05, 0) is 12.1 Å². The summed E-state index contributed by atoms with van der Waals surface area (Å²) in [5.74, 6) is 0. The Morgan fingerprint density at radius 2 is 1.85 bits per heavy atom. The number of nitrogens with one attached hydrogen (secondary N) is 1. The number of rotatable bonds is 4. The lowest BCUT2D eigenvalue weighted by Gasteiger charge is -2.06. The topological polar surface area (TPSA) is 12.0 Å². The Bertz CT molecular complexity index is 258. The molecular formula is C9H10BrCl2N. The first-order valence-corrected chi connectivity index (χ1v) is 5.83. The molecule has 1 aromatic rings. The van der Waals surface area contributed by atoms with Gasteiger partial charge in [-0.15, -0.1) is 0 Å². The van der Waals surface area contributed by atoms with Crippen molar-refractivity contribution in [2.24, 2.45) is 0 Å². The average molecular weight is 283 g/mol. The van der Waals surface area contributed by atoms with Crippen LogP contribution in [0.3, 0.4) is 0 Å². The summed E-state index contributed by atoms with van der Waals surface area (Å²) < 4.78 is 0. The molecule has 0 fully saturated rings. The highest BCUT2D eigenvalue weighted by Gasteiger charge is 2.03. The number of alkyl halides is 1. The first kappa shape index (κ1) is 11.3. The van der Waals surface area contributed by atoms with E-state index in [1.54, 1.807) is 0 Å². The number of hydrogen-bond donors (Lipinski definition) is 1. The summed E-state index contributed by atoms with van der Waals surface area (Å²) in [5.41, 5.74) is 0.965. The molecule has 0 aromatic heterocycles. The van der Waals surface area contributed by atoms with Crippen molar-refractivity contribution in [1.82, 2.24) is 5.32 Å². The van der Waals surface area contributed by atoms with Gasteiger partial charge in [0.15, 0.2) is 0 Å². The molecule has 0 aliphatic carbocycles. The average Bonchev–Trinajstić information content (AvgIpc) is 2.10. The van der Waals surface area contributed by atoms with Gasteiger partial charge in [-0.3, -0.25) is 0 Å². The molecule has 0 amide bonds. The molecule has 0 bridgehead atoms. The minimum Gasteiger partial charge on any atom is -0.312 e. The van der Waals surface area contributed by atoms with Gasteiger partial charge in [0.05, 0.1) is 0 Å². The van der Waals surface area contributed by atoms with Crippen LogP contribution in [-0.2, 0) is 6.54 Å². The summed E-state index contributed by atoms with van der Waals surface area (Å²) >= 11 is 15.3. The summed E-state index contributed by atoms with van der Waals surface area (Å²) in [4.78, 5) is 0. The largest absolute Gasteiger partial charge is 0.312 e. The minimum absolute atomic E-state index is 0.712. The molecule has 1 aromatic carbocycles. The third-order valence-corrected chi connectivity index (χ3v) is 2.74. The monoisotopic (exact) mass is 281 g/mol. The van der Waals surface area contributed by atoms with Crippen molar-refractivity contribution in [3.05, 3.63) is 33.8 Å². The van der Waals surface area contributed by atoms with Crippen molar-refractivity contribution < 1.29 is 0 Å². The quantitative estimate of drug-likeness (QED) is 0.659. The third kappa shape index (κ3) is 3.47. The van der Waals surface area contributed by atoms with Crippen LogP contribution >= 0.6 is 39.1 Å². The van der Waals surface area contributed by atoms with Crippen LogP contribution in [0.2, 0.25) is 10.0 Å². The van der Waals surface area contributed by atoms with Gasteiger partial charge in [0, 0.05) is 34.0 Å². The second-order valence-corrected chi connectivity index (χ2v) is 4.17. The molecular weight excluding hydrogens is 273 g/mol. The lowest BCUT2D eigenvalue weighted by molar-refractivity contribution is 0.734. The van der Waals surface area contributed by atoms with Gasteiger partial charge in [0.2, 0.25) is 0 Å². The molecule has 0 saturated heterocycles. The van der Waals surface area contributed by atoms with Crippen LogP contribution in [0.15, 0.2) is 18.2 Å². The highest BCUT2D eigenvalue weighted by Crippen LogP contribution is 2.23. The number of halogens is 3. The Morgan fingerprint density at radius 3 is 2.38 bits per heavy atom. The van der Waals surface area contributed by atoms with E-state index in [1.807, 2.05) is 18.2 Å². The second-order valence-electron chi connectivity index (χ2n) is 2.57. The van der Waals surface area contributed by atoms with E-state index < -0.39 is 0 Å². The zero-order valence-corrected chi connectivity index (χ0v) is 10.1. The van der Waals surface area contributed by atoms with Crippen LogP contribution in [0.4, 0.5) is 0 Å². The van der Waals surface area contributed by atoms with Crippen LogP contribution in [0.25, 0.3) is 0 Å². The van der Waals surface area contributed by atoms with E-state index in [1.165, 1.54) is 0 Å². The molecule has 0 spiro atoms. The standard InChI is InChI=1S/C9H10BrCl2N/c10-4-5-13-6-7-8(11)2-1-3-9(7)12/h1-3,13H,4-6H2. The summed E-state index contributed by atoms with van der Waals surface area (Å²) in [6, 6.07) is 5.54. The molecule has 0 radical (unpaired) electrons. The number of hydrogen-bond acceptors (Lipinski definition) is 1. The van der Waals surface area contributed by atoms with Crippen molar-refractivity contribution in [2.45, 2.75) is 6.54 Å². The highest BCUT2D eigenvalue weighted by atomic mass is 79.9. The van der Waals surface area contributed by atoms with Gasteiger partial charge in [-0.2, -0.15) is 0 Å². The zero-order valence-electron chi connectivity index (χ0n) is 6.99. The fraction of sp³-hybridized carbons (Fsp3) is 0.333. The zero-order chi connectivity index (χ0) is 9.68. The fourth-order valence-electron chi connectivity index (χ4n) is 0.981. The molecule has 0 unspecified atom stereocenters. The second kappa shape index (κ2) is 5.86. The molecule has 1 rings (SSSR count). The van der Waals surface area contributed by atoms with E-state index in [-0.39, 0.29) is 0 Å². The van der Waals surface area contributed by atoms with E-state index in [4.69, 9.17) is 23.2 Å². The first-order chi connectivity index (χ1) is 6.25. The molecule has 0 saturated carbocycles. The molecule has 1 nitrogen and oxygen atoms in total. The van der Waals surface area contributed by atoms with Crippen LogP contribution in [-0.4, -0.2) is 11.9 Å². The molecule has 13 heavy (non-hydrogen) atoms. The van der Waals surface area contributed by atoms with Gasteiger partial charge >= 0.3 is 0 Å². The highest BCUT2D eigenvalue weighted by molar-refractivity contribution is 9.09. The van der Waals surface area contributed by atoms with Gasteiger partial charge in [-0.25, -0.2) is 0 Å². The Morgan fingerprint density at radius 1 is 1.23 bits per heavy atom. The van der Waals surface area contributed by atoms with E-state index in [0.717, 1.165) is 27.5 Å². The smallest absolute Gasteiger partial charge is 0.0465 e. The summed E-state index contributed by atoms with van der Waals surface area (Å²) in [7, 11) is 0. The molecule has 1 N–H and O–H groups in total. The van der Waals surface area contributed by atoms with Crippen LogP contribution in [0, 0.1) is 0 Å². The predicted molar refractivity (Wildman–Crippen MR) is 62.0 cm³/mol. The van der Waals surface area contributed by atoms with Crippen molar-refractivity contribution in [3.63, 3.8) is 0 Å². The summed E-state index contributed by atoms with van der Waals surface area (Å²) in [6.45, 7) is 1.62. The van der Waals surface area contributed by atoms with Crippen molar-refractivity contribution >= 4 is 39.1 Å². The minimum atomic E-state index is 0.712. The Labute approximate surface area is 96.6 Å². The van der Waals surface area contributed by atoms with Crippen molar-refractivity contribution in [2.75, 3.05) is 11.9 Å². The van der Waals surface area contributed by atoms with E-state index in [0.29, 0.717) is 6.54 Å².